The quantitative estimate of drug-likeness (QED) is 0.827. The van der Waals surface area contributed by atoms with Crippen molar-refractivity contribution in [2.75, 3.05) is 5.32 Å². The van der Waals surface area contributed by atoms with E-state index < -0.39 is 12.0 Å². The molecule has 80 valence electrons. The van der Waals surface area contributed by atoms with Crippen molar-refractivity contribution in [3.8, 4) is 0 Å². The fraction of sp³-hybridized carbons (Fsp3) is 0.182. The lowest BCUT2D eigenvalue weighted by molar-refractivity contribution is -0.136. The van der Waals surface area contributed by atoms with Gasteiger partial charge in [0.1, 0.15) is 6.04 Å². The van der Waals surface area contributed by atoms with Gasteiger partial charge in [-0.15, -0.1) is 6.58 Å². The number of anilines is 1. The van der Waals surface area contributed by atoms with Crippen LogP contribution in [0.2, 0.25) is 0 Å². The minimum absolute atomic E-state index is 0.766. The molecule has 0 spiro atoms. The van der Waals surface area contributed by atoms with Crippen LogP contribution in [-0.4, -0.2) is 17.1 Å². The standard InChI is InChI=1S/C11H12BrNO2/c1-3-9(11(14)15)13-10-6-4-5-8(12)7(10)2/h3-6,9,13H,1H2,2H3,(H,14,15). The van der Waals surface area contributed by atoms with Gasteiger partial charge >= 0.3 is 5.97 Å². The molecule has 1 rings (SSSR count). The molecule has 0 fully saturated rings. The number of benzene rings is 1. The number of rotatable bonds is 4. The van der Waals surface area contributed by atoms with E-state index in [0.717, 1.165) is 15.7 Å². The highest BCUT2D eigenvalue weighted by molar-refractivity contribution is 9.10. The highest BCUT2D eigenvalue weighted by atomic mass is 79.9. The molecule has 15 heavy (non-hydrogen) atoms. The van der Waals surface area contributed by atoms with Gasteiger partial charge in [-0.05, 0) is 24.6 Å². The lowest BCUT2D eigenvalue weighted by atomic mass is 10.2. The summed E-state index contributed by atoms with van der Waals surface area (Å²) in [5, 5.41) is 11.7. The average Bonchev–Trinajstić information content (AvgIpc) is 2.19. The van der Waals surface area contributed by atoms with Crippen LogP contribution in [0.3, 0.4) is 0 Å². The molecule has 3 nitrogen and oxygen atoms in total. The van der Waals surface area contributed by atoms with E-state index in [2.05, 4.69) is 27.8 Å². The zero-order valence-electron chi connectivity index (χ0n) is 8.33. The topological polar surface area (TPSA) is 49.3 Å². The van der Waals surface area contributed by atoms with Crippen molar-refractivity contribution in [1.29, 1.82) is 0 Å². The van der Waals surface area contributed by atoms with Crippen molar-refractivity contribution in [1.82, 2.24) is 0 Å². The van der Waals surface area contributed by atoms with Gasteiger partial charge in [0, 0.05) is 10.2 Å². The second-order valence-corrected chi connectivity index (χ2v) is 3.96. The van der Waals surface area contributed by atoms with Crippen LogP contribution >= 0.6 is 15.9 Å². The average molecular weight is 270 g/mol. The van der Waals surface area contributed by atoms with Gasteiger partial charge in [-0.3, -0.25) is 0 Å². The number of nitrogens with one attached hydrogen (secondary N) is 1. The van der Waals surface area contributed by atoms with Crippen LogP contribution in [0, 0.1) is 6.92 Å². The van der Waals surface area contributed by atoms with E-state index in [1.54, 1.807) is 0 Å². The first-order valence-corrected chi connectivity index (χ1v) is 5.22. The van der Waals surface area contributed by atoms with Crippen LogP contribution in [0.15, 0.2) is 35.3 Å². The van der Waals surface area contributed by atoms with Crippen molar-refractivity contribution in [2.24, 2.45) is 0 Å². The molecule has 0 saturated carbocycles. The molecule has 0 aliphatic rings. The van der Waals surface area contributed by atoms with Gasteiger partial charge in [-0.2, -0.15) is 0 Å². The first-order valence-electron chi connectivity index (χ1n) is 4.43. The summed E-state index contributed by atoms with van der Waals surface area (Å²) in [5.41, 5.74) is 1.77. The highest BCUT2D eigenvalue weighted by Crippen LogP contribution is 2.24. The molecule has 1 unspecified atom stereocenters. The van der Waals surface area contributed by atoms with Crippen molar-refractivity contribution in [2.45, 2.75) is 13.0 Å². The van der Waals surface area contributed by atoms with Crippen molar-refractivity contribution in [3.63, 3.8) is 0 Å². The molecule has 0 saturated heterocycles. The maximum atomic E-state index is 10.8. The zero-order chi connectivity index (χ0) is 11.4. The Balaban J connectivity index is 2.93. The molecule has 0 radical (unpaired) electrons. The minimum Gasteiger partial charge on any atom is -0.479 e. The highest BCUT2D eigenvalue weighted by Gasteiger charge is 2.13. The van der Waals surface area contributed by atoms with Crippen molar-refractivity contribution < 1.29 is 9.90 Å². The van der Waals surface area contributed by atoms with Gasteiger partial charge in [0.2, 0.25) is 0 Å². The number of carboxylic acids is 1. The summed E-state index contributed by atoms with van der Waals surface area (Å²) in [7, 11) is 0. The van der Waals surface area contributed by atoms with E-state index in [9.17, 15) is 4.79 Å². The molecule has 0 amide bonds. The number of halogens is 1. The lowest BCUT2D eigenvalue weighted by Crippen LogP contribution is -2.26. The maximum Gasteiger partial charge on any atom is 0.330 e. The molecule has 0 aliphatic heterocycles. The van der Waals surface area contributed by atoms with E-state index in [-0.39, 0.29) is 0 Å². The van der Waals surface area contributed by atoms with Crippen molar-refractivity contribution >= 4 is 27.6 Å². The molecule has 1 aromatic carbocycles. The predicted molar refractivity (Wildman–Crippen MR) is 64.1 cm³/mol. The molecular formula is C11H12BrNO2. The molecule has 2 N–H and O–H groups in total. The summed E-state index contributed by atoms with van der Waals surface area (Å²) in [4.78, 5) is 10.8. The molecule has 1 aromatic rings. The molecule has 4 heteroatoms. The first kappa shape index (κ1) is 11.8. The normalized spacial score (nSPS) is 11.9. The van der Waals surface area contributed by atoms with Crippen LogP contribution < -0.4 is 5.32 Å². The third-order valence-electron chi connectivity index (χ3n) is 2.08. The Kier molecular flexibility index (Phi) is 3.91. The Bertz CT molecular complexity index is 390. The number of carboxylic acid groups (broad SMARTS) is 1. The Labute approximate surface area is 96.9 Å². The van der Waals surface area contributed by atoms with Crippen LogP contribution in [0.1, 0.15) is 5.56 Å². The first-order chi connectivity index (χ1) is 7.06. The van der Waals surface area contributed by atoms with E-state index in [4.69, 9.17) is 5.11 Å². The summed E-state index contributed by atoms with van der Waals surface area (Å²) in [6, 6.07) is 4.82. The number of hydrogen-bond donors (Lipinski definition) is 2. The summed E-state index contributed by atoms with van der Waals surface area (Å²) in [6.07, 6.45) is 1.36. The summed E-state index contributed by atoms with van der Waals surface area (Å²) in [5.74, 6) is -0.940. The molecule has 1 atom stereocenters. The van der Waals surface area contributed by atoms with Gasteiger partial charge in [0.05, 0.1) is 0 Å². The molecule has 0 aliphatic carbocycles. The van der Waals surface area contributed by atoms with E-state index >= 15 is 0 Å². The van der Waals surface area contributed by atoms with E-state index in [0.29, 0.717) is 0 Å². The number of hydrogen-bond acceptors (Lipinski definition) is 2. The van der Waals surface area contributed by atoms with E-state index in [1.807, 2.05) is 25.1 Å². The van der Waals surface area contributed by atoms with Crippen LogP contribution in [0.4, 0.5) is 5.69 Å². The fourth-order valence-corrected chi connectivity index (χ4v) is 1.52. The summed E-state index contributed by atoms with van der Waals surface area (Å²) < 4.78 is 0.945. The lowest BCUT2D eigenvalue weighted by Gasteiger charge is -2.14. The SMILES string of the molecule is C=CC(Nc1cccc(Br)c1C)C(=O)O. The number of aliphatic carboxylic acids is 1. The smallest absolute Gasteiger partial charge is 0.330 e. The Morgan fingerprint density at radius 3 is 2.87 bits per heavy atom. The second-order valence-electron chi connectivity index (χ2n) is 3.11. The second kappa shape index (κ2) is 4.98. The van der Waals surface area contributed by atoms with Gasteiger partial charge in [0.15, 0.2) is 0 Å². The van der Waals surface area contributed by atoms with Crippen LogP contribution in [0.25, 0.3) is 0 Å². The Morgan fingerprint density at radius 1 is 1.67 bits per heavy atom. The van der Waals surface area contributed by atoms with Gasteiger partial charge in [-0.25, -0.2) is 4.79 Å². The molecule has 0 aromatic heterocycles. The number of carbonyl (C=O) groups is 1. The van der Waals surface area contributed by atoms with Crippen molar-refractivity contribution in [3.05, 3.63) is 40.9 Å². The minimum atomic E-state index is -0.940. The Hall–Kier alpha value is -1.29. The summed E-state index contributed by atoms with van der Waals surface area (Å²) in [6.45, 7) is 5.39. The van der Waals surface area contributed by atoms with Gasteiger partial charge in [0.25, 0.3) is 0 Å². The van der Waals surface area contributed by atoms with Crippen LogP contribution in [-0.2, 0) is 4.79 Å². The van der Waals surface area contributed by atoms with Gasteiger partial charge in [-0.1, -0.05) is 28.1 Å². The van der Waals surface area contributed by atoms with E-state index in [1.165, 1.54) is 6.08 Å². The maximum absolute atomic E-state index is 10.8. The van der Waals surface area contributed by atoms with Crippen LogP contribution in [0.5, 0.6) is 0 Å². The Morgan fingerprint density at radius 2 is 2.33 bits per heavy atom. The fourth-order valence-electron chi connectivity index (χ4n) is 1.15. The monoisotopic (exact) mass is 269 g/mol. The summed E-state index contributed by atoms with van der Waals surface area (Å²) >= 11 is 3.38. The molecule has 0 heterocycles. The third-order valence-corrected chi connectivity index (χ3v) is 2.94. The zero-order valence-corrected chi connectivity index (χ0v) is 9.91. The molecule has 0 bridgehead atoms. The predicted octanol–water partition coefficient (Wildman–Crippen LogP) is 2.81. The molecular weight excluding hydrogens is 258 g/mol. The van der Waals surface area contributed by atoms with Gasteiger partial charge < -0.3 is 10.4 Å². The largest absolute Gasteiger partial charge is 0.479 e. The third kappa shape index (κ3) is 2.83.